The number of nitro groups is 1. The smallest absolute Gasteiger partial charge is 0.276 e. The minimum absolute atomic E-state index is 0.00269. The van der Waals surface area contributed by atoms with E-state index in [0.29, 0.717) is 5.56 Å². The standard InChI is InChI=1S/C15H13ClF2N2O3/c16-12-2-1-3-13(20(22)23)15(12)14(21)8-19-7-9-4-10(17)6-11(18)5-9/h1-6,14,19,21H,7-8H2/t14-/m0/s1. The summed E-state index contributed by atoms with van der Waals surface area (Å²) in [7, 11) is 0. The van der Waals surface area contributed by atoms with E-state index >= 15 is 0 Å². The molecule has 1 atom stereocenters. The Labute approximate surface area is 135 Å². The third-order valence-electron chi connectivity index (χ3n) is 3.15. The first kappa shape index (κ1) is 17.3. The minimum Gasteiger partial charge on any atom is -0.387 e. The molecule has 0 bridgehead atoms. The molecule has 0 saturated carbocycles. The van der Waals surface area contributed by atoms with Gasteiger partial charge in [0.05, 0.1) is 21.6 Å². The van der Waals surface area contributed by atoms with Gasteiger partial charge in [-0.05, 0) is 23.8 Å². The third kappa shape index (κ3) is 4.44. The second kappa shape index (κ2) is 7.45. The van der Waals surface area contributed by atoms with E-state index in [2.05, 4.69) is 5.32 Å². The van der Waals surface area contributed by atoms with E-state index in [9.17, 15) is 24.0 Å². The van der Waals surface area contributed by atoms with Crippen molar-refractivity contribution in [2.24, 2.45) is 0 Å². The molecule has 0 radical (unpaired) electrons. The van der Waals surface area contributed by atoms with Crippen LogP contribution < -0.4 is 5.32 Å². The van der Waals surface area contributed by atoms with Gasteiger partial charge in [0, 0.05) is 25.2 Å². The fourth-order valence-corrected chi connectivity index (χ4v) is 2.48. The predicted octanol–water partition coefficient (Wildman–Crippen LogP) is 3.35. The average Bonchev–Trinajstić information content (AvgIpc) is 2.45. The van der Waals surface area contributed by atoms with Crippen LogP contribution in [-0.4, -0.2) is 16.6 Å². The summed E-state index contributed by atoms with van der Waals surface area (Å²) in [5, 5.41) is 24.0. The van der Waals surface area contributed by atoms with Crippen LogP contribution in [0, 0.1) is 21.7 Å². The van der Waals surface area contributed by atoms with Crippen molar-refractivity contribution in [1.29, 1.82) is 0 Å². The molecule has 2 aromatic rings. The first-order valence-electron chi connectivity index (χ1n) is 6.65. The monoisotopic (exact) mass is 342 g/mol. The van der Waals surface area contributed by atoms with Crippen molar-refractivity contribution >= 4 is 17.3 Å². The molecule has 23 heavy (non-hydrogen) atoms. The summed E-state index contributed by atoms with van der Waals surface area (Å²) in [6.07, 6.45) is -1.23. The fourth-order valence-electron chi connectivity index (χ4n) is 2.18. The molecule has 0 aliphatic rings. The van der Waals surface area contributed by atoms with Gasteiger partial charge in [0.1, 0.15) is 11.6 Å². The second-order valence-electron chi connectivity index (χ2n) is 4.85. The van der Waals surface area contributed by atoms with Crippen LogP contribution in [0.15, 0.2) is 36.4 Å². The lowest BCUT2D eigenvalue weighted by Crippen LogP contribution is -2.22. The molecule has 0 aliphatic carbocycles. The molecule has 0 spiro atoms. The molecule has 5 nitrogen and oxygen atoms in total. The Kier molecular flexibility index (Phi) is 5.59. The molecule has 2 rings (SSSR count). The maximum Gasteiger partial charge on any atom is 0.276 e. The number of nitrogens with zero attached hydrogens (tertiary/aromatic N) is 1. The first-order valence-corrected chi connectivity index (χ1v) is 7.03. The molecule has 0 saturated heterocycles. The quantitative estimate of drug-likeness (QED) is 0.623. The van der Waals surface area contributed by atoms with Crippen LogP contribution in [0.2, 0.25) is 5.02 Å². The first-order chi connectivity index (χ1) is 10.9. The number of aliphatic hydroxyl groups is 1. The summed E-state index contributed by atoms with van der Waals surface area (Å²) >= 11 is 5.91. The lowest BCUT2D eigenvalue weighted by molar-refractivity contribution is -0.386. The van der Waals surface area contributed by atoms with Crippen molar-refractivity contribution in [3.05, 3.63) is 74.3 Å². The summed E-state index contributed by atoms with van der Waals surface area (Å²) in [5.41, 5.74) is 0.0593. The predicted molar refractivity (Wildman–Crippen MR) is 81.1 cm³/mol. The van der Waals surface area contributed by atoms with Gasteiger partial charge in [-0.25, -0.2) is 8.78 Å². The molecule has 0 fully saturated rings. The number of nitro benzene ring substituents is 1. The van der Waals surface area contributed by atoms with Gasteiger partial charge in [-0.3, -0.25) is 10.1 Å². The molecule has 0 amide bonds. The average molecular weight is 343 g/mol. The van der Waals surface area contributed by atoms with Gasteiger partial charge in [0.15, 0.2) is 0 Å². The van der Waals surface area contributed by atoms with Gasteiger partial charge in [-0.1, -0.05) is 17.7 Å². The van der Waals surface area contributed by atoms with Gasteiger partial charge in [0.2, 0.25) is 0 Å². The Bertz CT molecular complexity index is 708. The molecule has 0 heterocycles. The van der Waals surface area contributed by atoms with Crippen molar-refractivity contribution in [2.45, 2.75) is 12.6 Å². The number of halogens is 3. The van der Waals surface area contributed by atoms with Gasteiger partial charge in [-0.2, -0.15) is 0 Å². The number of hydrogen-bond acceptors (Lipinski definition) is 4. The van der Waals surface area contributed by atoms with Crippen molar-refractivity contribution in [1.82, 2.24) is 5.32 Å². The highest BCUT2D eigenvalue weighted by molar-refractivity contribution is 6.31. The van der Waals surface area contributed by atoms with E-state index in [0.717, 1.165) is 18.2 Å². The highest BCUT2D eigenvalue weighted by Gasteiger charge is 2.23. The molecular weight excluding hydrogens is 330 g/mol. The number of hydrogen-bond donors (Lipinski definition) is 2. The van der Waals surface area contributed by atoms with E-state index in [1.807, 2.05) is 0 Å². The minimum atomic E-state index is -1.23. The molecule has 122 valence electrons. The fraction of sp³-hybridized carbons (Fsp3) is 0.200. The number of rotatable bonds is 6. The van der Waals surface area contributed by atoms with Crippen LogP contribution >= 0.6 is 11.6 Å². The molecule has 0 aliphatic heterocycles. The van der Waals surface area contributed by atoms with E-state index in [1.54, 1.807) is 0 Å². The van der Waals surface area contributed by atoms with Crippen LogP contribution in [-0.2, 0) is 6.54 Å². The van der Waals surface area contributed by atoms with Gasteiger partial charge >= 0.3 is 0 Å². The Morgan fingerprint density at radius 2 is 1.91 bits per heavy atom. The number of aliphatic hydroxyl groups excluding tert-OH is 1. The highest BCUT2D eigenvalue weighted by Crippen LogP contribution is 2.31. The van der Waals surface area contributed by atoms with Crippen LogP contribution in [0.25, 0.3) is 0 Å². The third-order valence-corrected chi connectivity index (χ3v) is 3.48. The highest BCUT2D eigenvalue weighted by atomic mass is 35.5. The van der Waals surface area contributed by atoms with E-state index < -0.39 is 22.7 Å². The summed E-state index contributed by atoms with van der Waals surface area (Å²) in [5.74, 6) is -1.41. The van der Waals surface area contributed by atoms with Crippen molar-refractivity contribution < 1.29 is 18.8 Å². The largest absolute Gasteiger partial charge is 0.387 e. The van der Waals surface area contributed by atoms with Crippen LogP contribution in [0.1, 0.15) is 17.2 Å². The zero-order valence-electron chi connectivity index (χ0n) is 11.8. The van der Waals surface area contributed by atoms with Gasteiger partial charge < -0.3 is 10.4 Å². The van der Waals surface area contributed by atoms with Gasteiger partial charge in [-0.15, -0.1) is 0 Å². The normalized spacial score (nSPS) is 12.2. The van der Waals surface area contributed by atoms with Crippen LogP contribution in [0.5, 0.6) is 0 Å². The van der Waals surface area contributed by atoms with Gasteiger partial charge in [0.25, 0.3) is 5.69 Å². The zero-order chi connectivity index (χ0) is 17.0. The van der Waals surface area contributed by atoms with Crippen molar-refractivity contribution in [3.63, 3.8) is 0 Å². The molecule has 2 N–H and O–H groups in total. The van der Waals surface area contributed by atoms with E-state index in [4.69, 9.17) is 11.6 Å². The molecule has 0 unspecified atom stereocenters. The second-order valence-corrected chi connectivity index (χ2v) is 5.26. The Hall–Kier alpha value is -2.09. The summed E-state index contributed by atoms with van der Waals surface area (Å²) < 4.78 is 26.1. The summed E-state index contributed by atoms with van der Waals surface area (Å²) in [6.45, 7) is 0.0205. The molecule has 0 aromatic heterocycles. The topological polar surface area (TPSA) is 75.4 Å². The Morgan fingerprint density at radius 1 is 1.26 bits per heavy atom. The Morgan fingerprint density at radius 3 is 2.52 bits per heavy atom. The van der Waals surface area contributed by atoms with E-state index in [1.165, 1.54) is 18.2 Å². The maximum atomic E-state index is 13.1. The lowest BCUT2D eigenvalue weighted by atomic mass is 10.1. The molecular formula is C15H13ClF2N2O3. The summed E-state index contributed by atoms with van der Waals surface area (Å²) in [4.78, 5) is 10.3. The van der Waals surface area contributed by atoms with Crippen molar-refractivity contribution in [3.8, 4) is 0 Å². The Balaban J connectivity index is 2.05. The zero-order valence-corrected chi connectivity index (χ0v) is 12.6. The lowest BCUT2D eigenvalue weighted by Gasteiger charge is -2.14. The number of benzene rings is 2. The van der Waals surface area contributed by atoms with Crippen LogP contribution in [0.3, 0.4) is 0 Å². The van der Waals surface area contributed by atoms with Crippen LogP contribution in [0.4, 0.5) is 14.5 Å². The van der Waals surface area contributed by atoms with Crippen molar-refractivity contribution in [2.75, 3.05) is 6.54 Å². The SMILES string of the molecule is O=[N+]([O-])c1cccc(Cl)c1[C@@H](O)CNCc1cc(F)cc(F)c1. The number of nitrogens with one attached hydrogen (secondary N) is 1. The summed E-state index contributed by atoms with van der Waals surface area (Å²) in [6, 6.07) is 7.16. The molecule has 8 heteroatoms. The van der Waals surface area contributed by atoms with E-state index in [-0.39, 0.29) is 29.4 Å². The molecule has 2 aromatic carbocycles. The maximum absolute atomic E-state index is 13.1.